The van der Waals surface area contributed by atoms with Gasteiger partial charge in [-0.25, -0.2) is 0 Å². The van der Waals surface area contributed by atoms with Gasteiger partial charge in [0.25, 0.3) is 0 Å². The fourth-order valence-electron chi connectivity index (χ4n) is 2.72. The second-order valence-corrected chi connectivity index (χ2v) is 4.59. The summed E-state index contributed by atoms with van der Waals surface area (Å²) in [6.07, 6.45) is 7.20. The molecule has 0 radical (unpaired) electrons. The normalized spacial score (nSPS) is 31.3. The van der Waals surface area contributed by atoms with Crippen LogP contribution in [0.4, 0.5) is 0 Å². The van der Waals surface area contributed by atoms with Crippen molar-refractivity contribution in [3.05, 3.63) is 12.2 Å². The Kier molecular flexibility index (Phi) is 1.91. The van der Waals surface area contributed by atoms with Crippen LogP contribution >= 0.6 is 0 Å². The van der Waals surface area contributed by atoms with Crippen molar-refractivity contribution in [2.24, 2.45) is 0 Å². The summed E-state index contributed by atoms with van der Waals surface area (Å²) >= 11 is 0. The van der Waals surface area contributed by atoms with Crippen LogP contribution in [0.1, 0.15) is 25.7 Å². The van der Waals surface area contributed by atoms with E-state index in [0.29, 0.717) is 13.2 Å². The smallest absolute Gasteiger partial charge is 0.244 e. The molecule has 1 amide bonds. The lowest BCUT2D eigenvalue weighted by atomic mass is 9.79. The molecule has 3 aliphatic rings. The number of nitrogens with one attached hydrogen (secondary N) is 1. The zero-order valence-electron chi connectivity index (χ0n) is 8.62. The highest BCUT2D eigenvalue weighted by Gasteiger charge is 2.46. The molecular formula is C11H15NO3. The van der Waals surface area contributed by atoms with Crippen LogP contribution < -0.4 is 5.32 Å². The third kappa shape index (κ3) is 1.48. The van der Waals surface area contributed by atoms with Crippen LogP contribution in [0.25, 0.3) is 0 Å². The Labute approximate surface area is 88.6 Å². The van der Waals surface area contributed by atoms with Crippen molar-refractivity contribution in [3.8, 4) is 0 Å². The van der Waals surface area contributed by atoms with Crippen molar-refractivity contribution in [2.45, 2.75) is 37.0 Å². The van der Waals surface area contributed by atoms with Crippen molar-refractivity contribution < 1.29 is 14.3 Å². The molecule has 4 nitrogen and oxygen atoms in total. The monoisotopic (exact) mass is 209 g/mol. The molecule has 2 spiro atoms. The second-order valence-electron chi connectivity index (χ2n) is 4.59. The molecule has 3 rings (SSSR count). The fraction of sp³-hybridized carbons (Fsp3) is 0.727. The molecule has 82 valence electrons. The Morgan fingerprint density at radius 1 is 1.13 bits per heavy atom. The maximum absolute atomic E-state index is 11.2. The third-order valence-corrected chi connectivity index (χ3v) is 3.64. The number of hydrogen-bond acceptors (Lipinski definition) is 3. The first-order valence-electron chi connectivity index (χ1n) is 5.51. The molecule has 1 saturated carbocycles. The Morgan fingerprint density at radius 2 is 1.80 bits per heavy atom. The van der Waals surface area contributed by atoms with Gasteiger partial charge in [-0.15, -0.1) is 0 Å². The first-order valence-corrected chi connectivity index (χ1v) is 5.51. The Bertz CT molecular complexity index is 308. The highest BCUT2D eigenvalue weighted by atomic mass is 16.7. The maximum Gasteiger partial charge on any atom is 0.244 e. The van der Waals surface area contributed by atoms with Crippen LogP contribution in [0.2, 0.25) is 0 Å². The summed E-state index contributed by atoms with van der Waals surface area (Å²) in [4.78, 5) is 11.2. The minimum Gasteiger partial charge on any atom is -0.348 e. The summed E-state index contributed by atoms with van der Waals surface area (Å²) in [6, 6.07) is 0. The van der Waals surface area contributed by atoms with Crippen LogP contribution in [0.5, 0.6) is 0 Å². The van der Waals surface area contributed by atoms with Crippen LogP contribution in [-0.4, -0.2) is 30.4 Å². The number of ether oxygens (including phenoxy) is 2. The van der Waals surface area contributed by atoms with Gasteiger partial charge in [0.1, 0.15) is 0 Å². The standard InChI is InChI=1S/C11H15NO3/c13-9-1-2-10(12-9)3-5-11(6-4-10)14-7-8-15-11/h1-2H,3-8H2,(H,12,13). The van der Waals surface area contributed by atoms with E-state index < -0.39 is 0 Å². The molecule has 0 aromatic rings. The molecule has 4 heteroatoms. The topological polar surface area (TPSA) is 47.6 Å². The average Bonchev–Trinajstić information content (AvgIpc) is 2.81. The van der Waals surface area contributed by atoms with Crippen LogP contribution in [0, 0.1) is 0 Å². The van der Waals surface area contributed by atoms with Gasteiger partial charge in [0.15, 0.2) is 5.79 Å². The highest BCUT2D eigenvalue weighted by molar-refractivity contribution is 5.91. The minimum absolute atomic E-state index is 0.0270. The Morgan fingerprint density at radius 3 is 2.33 bits per heavy atom. The van der Waals surface area contributed by atoms with E-state index in [1.54, 1.807) is 6.08 Å². The third-order valence-electron chi connectivity index (χ3n) is 3.64. The van der Waals surface area contributed by atoms with Crippen molar-refractivity contribution in [3.63, 3.8) is 0 Å². The molecule has 0 unspecified atom stereocenters. The van der Waals surface area contributed by atoms with Gasteiger partial charge in [-0.05, 0) is 12.8 Å². The number of hydrogen-bond donors (Lipinski definition) is 1. The molecule has 2 fully saturated rings. The van der Waals surface area contributed by atoms with Gasteiger partial charge in [-0.3, -0.25) is 4.79 Å². The van der Waals surface area contributed by atoms with E-state index in [1.165, 1.54) is 0 Å². The van der Waals surface area contributed by atoms with Gasteiger partial charge in [0.05, 0.1) is 18.8 Å². The van der Waals surface area contributed by atoms with Crippen molar-refractivity contribution in [1.82, 2.24) is 5.32 Å². The van der Waals surface area contributed by atoms with E-state index in [-0.39, 0.29) is 17.2 Å². The average molecular weight is 209 g/mol. The summed E-state index contributed by atoms with van der Waals surface area (Å²) < 4.78 is 11.3. The highest BCUT2D eigenvalue weighted by Crippen LogP contribution is 2.41. The van der Waals surface area contributed by atoms with Crippen molar-refractivity contribution >= 4 is 5.91 Å². The number of amides is 1. The van der Waals surface area contributed by atoms with Crippen LogP contribution in [0.15, 0.2) is 12.2 Å². The van der Waals surface area contributed by atoms with Crippen LogP contribution in [0.3, 0.4) is 0 Å². The largest absolute Gasteiger partial charge is 0.348 e. The summed E-state index contributed by atoms with van der Waals surface area (Å²) in [6.45, 7) is 1.41. The van der Waals surface area contributed by atoms with Crippen molar-refractivity contribution in [1.29, 1.82) is 0 Å². The number of carbonyl (C=O) groups is 1. The first-order chi connectivity index (χ1) is 7.22. The summed E-state index contributed by atoms with van der Waals surface area (Å²) in [5.74, 6) is -0.314. The van der Waals surface area contributed by atoms with Gasteiger partial charge in [-0.2, -0.15) is 0 Å². The zero-order chi connectivity index (χ0) is 10.4. The predicted octanol–water partition coefficient (Wildman–Crippen LogP) is 0.728. The molecular weight excluding hydrogens is 194 g/mol. The van der Waals surface area contributed by atoms with Gasteiger partial charge in [0.2, 0.25) is 5.91 Å². The first kappa shape index (κ1) is 9.36. The zero-order valence-corrected chi connectivity index (χ0v) is 8.62. The van der Waals surface area contributed by atoms with E-state index in [2.05, 4.69) is 5.32 Å². The summed E-state index contributed by atoms with van der Waals surface area (Å²) in [7, 11) is 0. The molecule has 15 heavy (non-hydrogen) atoms. The molecule has 0 aromatic carbocycles. The van der Waals surface area contributed by atoms with Crippen LogP contribution in [-0.2, 0) is 14.3 Å². The van der Waals surface area contributed by atoms with Crippen molar-refractivity contribution in [2.75, 3.05) is 13.2 Å². The summed E-state index contributed by atoms with van der Waals surface area (Å²) in [5, 5.41) is 3.01. The number of rotatable bonds is 0. The van der Waals surface area contributed by atoms with Gasteiger partial charge < -0.3 is 14.8 Å². The molecule has 0 atom stereocenters. The quantitative estimate of drug-likeness (QED) is 0.639. The molecule has 0 aromatic heterocycles. The lowest BCUT2D eigenvalue weighted by Crippen LogP contribution is -2.49. The predicted molar refractivity (Wildman–Crippen MR) is 53.1 cm³/mol. The van der Waals surface area contributed by atoms with E-state index in [0.717, 1.165) is 25.7 Å². The van der Waals surface area contributed by atoms with Gasteiger partial charge in [0, 0.05) is 18.9 Å². The van der Waals surface area contributed by atoms with E-state index in [9.17, 15) is 4.79 Å². The van der Waals surface area contributed by atoms with E-state index in [1.807, 2.05) is 6.08 Å². The molecule has 1 aliphatic carbocycles. The van der Waals surface area contributed by atoms with E-state index in [4.69, 9.17) is 9.47 Å². The van der Waals surface area contributed by atoms with Gasteiger partial charge in [-0.1, -0.05) is 6.08 Å². The Hall–Kier alpha value is -0.870. The molecule has 1 N–H and O–H groups in total. The number of carbonyl (C=O) groups excluding carboxylic acids is 1. The lowest BCUT2D eigenvalue weighted by molar-refractivity contribution is -0.183. The molecule has 2 aliphatic heterocycles. The molecule has 0 bridgehead atoms. The Balaban J connectivity index is 1.70. The van der Waals surface area contributed by atoms with Gasteiger partial charge >= 0.3 is 0 Å². The molecule has 1 saturated heterocycles. The maximum atomic E-state index is 11.2. The van der Waals surface area contributed by atoms with E-state index >= 15 is 0 Å². The lowest BCUT2D eigenvalue weighted by Gasteiger charge is -2.40. The second kappa shape index (κ2) is 3.06. The summed E-state index contributed by atoms with van der Waals surface area (Å²) in [5.41, 5.74) is -0.113. The fourth-order valence-corrected chi connectivity index (χ4v) is 2.72. The SMILES string of the molecule is O=C1C=CC2(CCC3(CC2)OCCO3)N1. The minimum atomic E-state index is -0.341. The molecule has 2 heterocycles.